The number of unbranched alkanes of at least 4 members (excludes halogenated alkanes) is 2. The van der Waals surface area contributed by atoms with Gasteiger partial charge in [0.05, 0.1) is 12.2 Å². The quantitative estimate of drug-likeness (QED) is 0.0588. The van der Waals surface area contributed by atoms with Crippen LogP contribution in [0, 0.1) is 0 Å². The Morgan fingerprint density at radius 2 is 1.73 bits per heavy atom. The zero-order valence-electron chi connectivity index (χ0n) is 22.8. The van der Waals surface area contributed by atoms with E-state index < -0.39 is 23.6 Å². The van der Waals surface area contributed by atoms with E-state index in [1.54, 1.807) is 24.3 Å². The standard InChI is InChI=1S/C31H35F5O3S/c1-4-5-6-9-22-10-13-25(26(18-22)31(34,35)36)28-19-23-11-12-24(20-27(23)39-28)40-17-8-15-30(32,33)14-7-16-38-29(37)21(2)3/h10-13,18-20H,2,4-9,14-17H2,1,3H3. The first-order valence-electron chi connectivity index (χ1n) is 13.5. The summed E-state index contributed by atoms with van der Waals surface area (Å²) in [7, 11) is 0. The monoisotopic (exact) mass is 582 g/mol. The molecule has 3 aromatic rings. The smallest absolute Gasteiger partial charge is 0.417 e. The molecule has 0 aliphatic carbocycles. The SMILES string of the molecule is C=C(C)C(=O)OCCCC(F)(F)CCCSc1ccc2cc(-c3ccc(CCCCC)cc3C(F)(F)F)oc2c1. The van der Waals surface area contributed by atoms with Crippen molar-refractivity contribution in [2.24, 2.45) is 0 Å². The molecule has 0 amide bonds. The number of hydrogen-bond acceptors (Lipinski definition) is 4. The van der Waals surface area contributed by atoms with Gasteiger partial charge in [-0.05, 0) is 74.3 Å². The van der Waals surface area contributed by atoms with Crippen molar-refractivity contribution in [1.82, 2.24) is 0 Å². The van der Waals surface area contributed by atoms with E-state index in [0.717, 1.165) is 24.2 Å². The van der Waals surface area contributed by atoms with Crippen LogP contribution in [0.25, 0.3) is 22.3 Å². The number of carbonyl (C=O) groups excluding carboxylic acids is 1. The Labute approximate surface area is 236 Å². The first-order chi connectivity index (χ1) is 18.9. The van der Waals surface area contributed by atoms with Crippen LogP contribution < -0.4 is 0 Å². The molecule has 3 nitrogen and oxygen atoms in total. The molecule has 40 heavy (non-hydrogen) atoms. The van der Waals surface area contributed by atoms with E-state index in [0.29, 0.717) is 28.7 Å². The summed E-state index contributed by atoms with van der Waals surface area (Å²) in [4.78, 5) is 12.1. The van der Waals surface area contributed by atoms with Gasteiger partial charge in [0.15, 0.2) is 0 Å². The number of carbonyl (C=O) groups is 1. The predicted octanol–water partition coefficient (Wildman–Crippen LogP) is 10.3. The van der Waals surface area contributed by atoms with Crippen molar-refractivity contribution in [2.45, 2.75) is 82.2 Å². The second-order valence-electron chi connectivity index (χ2n) is 9.97. The number of furan rings is 1. The minimum Gasteiger partial charge on any atom is -0.462 e. The number of thioether (sulfide) groups is 1. The molecule has 0 N–H and O–H groups in total. The molecule has 1 aromatic heterocycles. The average Bonchev–Trinajstić information content (AvgIpc) is 3.32. The van der Waals surface area contributed by atoms with Gasteiger partial charge >= 0.3 is 12.1 Å². The van der Waals surface area contributed by atoms with Crippen molar-refractivity contribution < 1.29 is 35.9 Å². The maximum atomic E-state index is 14.2. The van der Waals surface area contributed by atoms with Crippen molar-refractivity contribution in [3.8, 4) is 11.3 Å². The van der Waals surface area contributed by atoms with E-state index in [1.165, 1.54) is 30.8 Å². The first-order valence-corrected chi connectivity index (χ1v) is 14.5. The Kier molecular flexibility index (Phi) is 11.3. The van der Waals surface area contributed by atoms with Crippen LogP contribution in [0.15, 0.2) is 63.9 Å². The number of alkyl halides is 5. The Bertz CT molecular complexity index is 1300. The van der Waals surface area contributed by atoms with Crippen LogP contribution in [0.4, 0.5) is 22.0 Å². The molecule has 0 unspecified atom stereocenters. The summed E-state index contributed by atoms with van der Waals surface area (Å²) in [6, 6.07) is 11.3. The molecule has 0 spiro atoms. The van der Waals surface area contributed by atoms with Gasteiger partial charge in [-0.3, -0.25) is 0 Å². The number of hydrogen-bond donors (Lipinski definition) is 0. The molecule has 1 heterocycles. The van der Waals surface area contributed by atoms with Crippen LogP contribution >= 0.6 is 11.8 Å². The van der Waals surface area contributed by atoms with Crippen LogP contribution in [0.3, 0.4) is 0 Å². The topological polar surface area (TPSA) is 39.4 Å². The van der Waals surface area contributed by atoms with Crippen LogP contribution in [-0.2, 0) is 22.1 Å². The number of halogens is 5. The fourth-order valence-corrected chi connectivity index (χ4v) is 5.15. The lowest BCUT2D eigenvalue weighted by Crippen LogP contribution is -2.17. The Hall–Kier alpha value is -2.81. The first kappa shape index (κ1) is 31.7. The van der Waals surface area contributed by atoms with E-state index in [2.05, 4.69) is 6.58 Å². The second-order valence-corrected chi connectivity index (χ2v) is 11.1. The molecule has 3 rings (SSSR count). The van der Waals surface area contributed by atoms with Crippen LogP contribution in [-0.4, -0.2) is 24.3 Å². The van der Waals surface area contributed by atoms with E-state index in [9.17, 15) is 26.7 Å². The van der Waals surface area contributed by atoms with E-state index in [4.69, 9.17) is 9.15 Å². The lowest BCUT2D eigenvalue weighted by Gasteiger charge is -2.16. The van der Waals surface area contributed by atoms with Crippen molar-refractivity contribution in [2.75, 3.05) is 12.4 Å². The third kappa shape index (κ3) is 9.39. The summed E-state index contributed by atoms with van der Waals surface area (Å²) < 4.78 is 80.7. The molecule has 0 aliphatic heterocycles. The highest BCUT2D eigenvalue weighted by Crippen LogP contribution is 2.40. The lowest BCUT2D eigenvalue weighted by atomic mass is 9.98. The third-order valence-electron chi connectivity index (χ3n) is 6.44. The largest absolute Gasteiger partial charge is 0.462 e. The maximum Gasteiger partial charge on any atom is 0.417 e. The Balaban J connectivity index is 1.59. The number of ether oxygens (including phenoxy) is 1. The molecule has 0 radical (unpaired) electrons. The molecule has 0 fully saturated rings. The Morgan fingerprint density at radius 1 is 0.975 bits per heavy atom. The highest BCUT2D eigenvalue weighted by molar-refractivity contribution is 7.99. The molecule has 0 bridgehead atoms. The minimum absolute atomic E-state index is 0.00577. The number of fused-ring (bicyclic) bond motifs is 1. The summed E-state index contributed by atoms with van der Waals surface area (Å²) in [5.41, 5.74) is 0.593. The van der Waals surface area contributed by atoms with Gasteiger partial charge < -0.3 is 9.15 Å². The van der Waals surface area contributed by atoms with E-state index in [-0.39, 0.29) is 49.2 Å². The average molecular weight is 583 g/mol. The maximum absolute atomic E-state index is 14.2. The summed E-state index contributed by atoms with van der Waals surface area (Å²) >= 11 is 1.38. The van der Waals surface area contributed by atoms with Crippen molar-refractivity contribution in [1.29, 1.82) is 0 Å². The van der Waals surface area contributed by atoms with Crippen molar-refractivity contribution >= 4 is 28.7 Å². The van der Waals surface area contributed by atoms with E-state index >= 15 is 0 Å². The van der Waals surface area contributed by atoms with Crippen LogP contribution in [0.2, 0.25) is 0 Å². The molecule has 0 saturated heterocycles. The normalized spacial score (nSPS) is 12.2. The van der Waals surface area contributed by atoms with Gasteiger partial charge in [0.1, 0.15) is 11.3 Å². The Morgan fingerprint density at radius 3 is 2.42 bits per heavy atom. The molecule has 2 aromatic carbocycles. The zero-order valence-corrected chi connectivity index (χ0v) is 23.7. The fourth-order valence-electron chi connectivity index (χ4n) is 4.27. The molecular formula is C31H35F5O3S. The zero-order chi connectivity index (χ0) is 29.3. The van der Waals surface area contributed by atoms with Crippen molar-refractivity contribution in [3.05, 3.63) is 65.7 Å². The van der Waals surface area contributed by atoms with Gasteiger partial charge in [-0.15, -0.1) is 11.8 Å². The highest BCUT2D eigenvalue weighted by Gasteiger charge is 2.35. The second kappa shape index (κ2) is 14.2. The number of aryl methyl sites for hydroxylation is 1. The summed E-state index contributed by atoms with van der Waals surface area (Å²) in [6.45, 7) is 6.91. The van der Waals surface area contributed by atoms with Gasteiger partial charge in [0, 0.05) is 34.3 Å². The van der Waals surface area contributed by atoms with Gasteiger partial charge in [-0.2, -0.15) is 13.2 Å². The number of esters is 1. The summed E-state index contributed by atoms with van der Waals surface area (Å²) in [6.07, 6.45) is -1.47. The molecule has 0 aliphatic rings. The van der Waals surface area contributed by atoms with Crippen LogP contribution in [0.1, 0.15) is 69.9 Å². The van der Waals surface area contributed by atoms with Gasteiger partial charge in [-0.25, -0.2) is 13.6 Å². The minimum atomic E-state index is -4.52. The number of benzene rings is 2. The van der Waals surface area contributed by atoms with Gasteiger partial charge in [-0.1, -0.05) is 38.5 Å². The lowest BCUT2D eigenvalue weighted by molar-refractivity contribution is -0.139. The van der Waals surface area contributed by atoms with Gasteiger partial charge in [0.25, 0.3) is 0 Å². The highest BCUT2D eigenvalue weighted by atomic mass is 32.2. The van der Waals surface area contributed by atoms with Crippen LogP contribution in [0.5, 0.6) is 0 Å². The molecular weight excluding hydrogens is 547 g/mol. The summed E-state index contributed by atoms with van der Waals surface area (Å²) in [5.74, 6) is -2.87. The molecule has 0 atom stereocenters. The molecule has 218 valence electrons. The van der Waals surface area contributed by atoms with Gasteiger partial charge in [0.2, 0.25) is 5.92 Å². The van der Waals surface area contributed by atoms with Crippen molar-refractivity contribution in [3.63, 3.8) is 0 Å². The van der Waals surface area contributed by atoms with E-state index in [1.807, 2.05) is 13.0 Å². The fraction of sp³-hybridized carbons (Fsp3) is 0.452. The third-order valence-corrected chi connectivity index (χ3v) is 7.52. The predicted molar refractivity (Wildman–Crippen MR) is 150 cm³/mol. The molecule has 0 saturated carbocycles. The number of rotatable bonds is 15. The molecule has 9 heteroatoms. The summed E-state index contributed by atoms with van der Waals surface area (Å²) in [5, 5.41) is 0.665.